The van der Waals surface area contributed by atoms with Gasteiger partial charge in [-0.1, -0.05) is 101 Å². The van der Waals surface area contributed by atoms with Gasteiger partial charge in [-0.05, 0) is 63.2 Å². The van der Waals surface area contributed by atoms with Gasteiger partial charge in [-0.25, -0.2) is 0 Å². The Morgan fingerprint density at radius 1 is 0.727 bits per heavy atom. The van der Waals surface area contributed by atoms with Crippen molar-refractivity contribution in [3.05, 3.63) is 58.2 Å². The van der Waals surface area contributed by atoms with Gasteiger partial charge in [0, 0.05) is 10.7 Å². The summed E-state index contributed by atoms with van der Waals surface area (Å²) < 4.78 is 13.6. The van der Waals surface area contributed by atoms with Crippen LogP contribution in [0, 0.1) is 16.2 Å². The Kier molecular flexibility index (Phi) is 6.67. The van der Waals surface area contributed by atoms with Crippen LogP contribution in [-0.2, 0) is 4.52 Å². The predicted molar refractivity (Wildman–Crippen MR) is 145 cm³/mol. The van der Waals surface area contributed by atoms with Crippen LogP contribution in [0.2, 0.25) is 0 Å². The summed E-state index contributed by atoms with van der Waals surface area (Å²) in [6, 6.07) is 8.48. The molecule has 0 N–H and O–H groups in total. The molecule has 2 atom stereocenters. The van der Waals surface area contributed by atoms with Crippen molar-refractivity contribution in [2.45, 2.75) is 101 Å². The van der Waals surface area contributed by atoms with Gasteiger partial charge in [0.05, 0.1) is 0 Å². The third-order valence-electron chi connectivity index (χ3n) is 6.33. The maximum Gasteiger partial charge on any atom is 0.236 e. The Morgan fingerprint density at radius 3 is 1.76 bits per heavy atom. The number of para-hydroxylation sites is 1. The standard InChI is InChI=1S/C30H45O2P/c1-19-20-16-14-15-17-22(20)31-33(30(11,12)13)32-23-18-21(27(2,3)4)25(28(5,6)7)26(24(19)23)29(8,9)10/h14-18,23H,1-13H3/b24-19+. The summed E-state index contributed by atoms with van der Waals surface area (Å²) in [6.07, 6.45) is 2.28. The van der Waals surface area contributed by atoms with Gasteiger partial charge in [0.15, 0.2) is 0 Å². The molecule has 3 rings (SSSR count). The van der Waals surface area contributed by atoms with Crippen molar-refractivity contribution in [1.29, 1.82) is 0 Å². The Morgan fingerprint density at radius 2 is 1.27 bits per heavy atom. The third kappa shape index (κ3) is 5.18. The molecule has 3 heteroatoms. The van der Waals surface area contributed by atoms with Gasteiger partial charge in [-0.2, -0.15) is 0 Å². The Balaban J connectivity index is 2.49. The molecule has 0 spiro atoms. The van der Waals surface area contributed by atoms with Crippen LogP contribution in [0.4, 0.5) is 0 Å². The Bertz CT molecular complexity index is 1010. The zero-order valence-electron chi connectivity index (χ0n) is 23.2. The van der Waals surface area contributed by atoms with E-state index in [2.05, 4.69) is 120 Å². The first-order valence-electron chi connectivity index (χ1n) is 12.3. The molecule has 1 aliphatic carbocycles. The quantitative estimate of drug-likeness (QED) is 0.353. The lowest BCUT2D eigenvalue weighted by atomic mass is 9.61. The molecule has 182 valence electrons. The minimum atomic E-state index is -1.16. The number of rotatable bonds is 0. The van der Waals surface area contributed by atoms with Crippen LogP contribution in [0.3, 0.4) is 0 Å². The number of allylic oxidation sites excluding steroid dienone is 3. The summed E-state index contributed by atoms with van der Waals surface area (Å²) in [5, 5.41) is -0.107. The Labute approximate surface area is 204 Å². The van der Waals surface area contributed by atoms with E-state index in [-0.39, 0.29) is 27.5 Å². The van der Waals surface area contributed by atoms with E-state index < -0.39 is 8.38 Å². The van der Waals surface area contributed by atoms with Crippen LogP contribution in [0.25, 0.3) is 5.57 Å². The van der Waals surface area contributed by atoms with Crippen LogP contribution in [0.1, 0.15) is 95.6 Å². The zero-order valence-corrected chi connectivity index (χ0v) is 24.1. The second kappa shape index (κ2) is 8.39. The molecule has 0 fully saturated rings. The molecule has 1 aliphatic heterocycles. The van der Waals surface area contributed by atoms with E-state index in [1.165, 1.54) is 33.4 Å². The van der Waals surface area contributed by atoms with E-state index in [0.717, 1.165) is 5.75 Å². The third-order valence-corrected chi connectivity index (χ3v) is 8.21. The normalized spacial score (nSPS) is 24.9. The summed E-state index contributed by atoms with van der Waals surface area (Å²) >= 11 is 0. The first kappa shape index (κ1) is 26.2. The molecule has 1 heterocycles. The van der Waals surface area contributed by atoms with E-state index in [4.69, 9.17) is 9.05 Å². The minimum absolute atomic E-state index is 0.00707. The highest BCUT2D eigenvalue weighted by molar-refractivity contribution is 7.49. The van der Waals surface area contributed by atoms with Crippen molar-refractivity contribution < 1.29 is 9.05 Å². The molecule has 0 saturated heterocycles. The molecule has 0 saturated carbocycles. The van der Waals surface area contributed by atoms with E-state index in [9.17, 15) is 0 Å². The van der Waals surface area contributed by atoms with Crippen LogP contribution < -0.4 is 4.52 Å². The lowest BCUT2D eigenvalue weighted by molar-refractivity contribution is 0.257. The number of fused-ring (bicyclic) bond motifs is 2. The van der Waals surface area contributed by atoms with Gasteiger partial charge < -0.3 is 9.05 Å². The Hall–Kier alpha value is -1.37. The van der Waals surface area contributed by atoms with E-state index in [1.54, 1.807) is 0 Å². The molecule has 2 aliphatic rings. The second-order valence-corrected chi connectivity index (χ2v) is 15.9. The van der Waals surface area contributed by atoms with Crippen molar-refractivity contribution in [3.63, 3.8) is 0 Å². The number of benzene rings is 1. The maximum absolute atomic E-state index is 6.97. The predicted octanol–water partition coefficient (Wildman–Crippen LogP) is 9.72. The molecular weight excluding hydrogens is 423 g/mol. The minimum Gasteiger partial charge on any atom is -0.446 e. The lowest BCUT2D eigenvalue weighted by Gasteiger charge is -2.46. The lowest BCUT2D eigenvalue weighted by Crippen LogP contribution is -2.35. The van der Waals surface area contributed by atoms with Crippen molar-refractivity contribution in [2.24, 2.45) is 16.2 Å². The van der Waals surface area contributed by atoms with Gasteiger partial charge in [0.25, 0.3) is 0 Å². The van der Waals surface area contributed by atoms with E-state index in [0.29, 0.717) is 0 Å². The fraction of sp³-hybridized carbons (Fsp3) is 0.600. The molecule has 0 aromatic heterocycles. The van der Waals surface area contributed by atoms with Gasteiger partial charge in [0.2, 0.25) is 8.38 Å². The van der Waals surface area contributed by atoms with Crippen LogP contribution >= 0.6 is 8.38 Å². The van der Waals surface area contributed by atoms with Crippen LogP contribution in [0.15, 0.2) is 52.6 Å². The number of hydrogen-bond acceptors (Lipinski definition) is 2. The monoisotopic (exact) mass is 468 g/mol. The fourth-order valence-corrected chi connectivity index (χ4v) is 6.25. The van der Waals surface area contributed by atoms with Crippen molar-refractivity contribution >= 4 is 13.9 Å². The van der Waals surface area contributed by atoms with E-state index in [1.807, 2.05) is 0 Å². The second-order valence-electron chi connectivity index (χ2n) is 13.7. The largest absolute Gasteiger partial charge is 0.446 e. The van der Waals surface area contributed by atoms with Crippen LogP contribution in [0.5, 0.6) is 5.75 Å². The summed E-state index contributed by atoms with van der Waals surface area (Å²) in [7, 11) is -1.16. The first-order chi connectivity index (χ1) is 14.8. The fourth-order valence-electron chi connectivity index (χ4n) is 4.91. The van der Waals surface area contributed by atoms with Gasteiger partial charge in [0.1, 0.15) is 11.9 Å². The van der Waals surface area contributed by atoms with Gasteiger partial charge >= 0.3 is 0 Å². The molecule has 0 radical (unpaired) electrons. The molecule has 2 nitrogen and oxygen atoms in total. The summed E-state index contributed by atoms with van der Waals surface area (Å²) in [6.45, 7) is 30.0. The molecule has 1 aromatic rings. The molecule has 0 bridgehead atoms. The van der Waals surface area contributed by atoms with Crippen molar-refractivity contribution in [1.82, 2.24) is 0 Å². The van der Waals surface area contributed by atoms with Crippen LogP contribution in [-0.4, -0.2) is 11.3 Å². The first-order valence-corrected chi connectivity index (χ1v) is 13.4. The molecule has 0 amide bonds. The number of hydrogen-bond donors (Lipinski definition) is 0. The summed E-state index contributed by atoms with van der Waals surface area (Å²) in [5.41, 5.74) is 8.05. The summed E-state index contributed by atoms with van der Waals surface area (Å²) in [4.78, 5) is 0. The van der Waals surface area contributed by atoms with Crippen molar-refractivity contribution in [2.75, 3.05) is 0 Å². The molecule has 1 aromatic carbocycles. The molecule has 2 unspecified atom stereocenters. The zero-order chi connectivity index (χ0) is 25.1. The van der Waals surface area contributed by atoms with Gasteiger partial charge in [-0.3, -0.25) is 0 Å². The highest BCUT2D eigenvalue weighted by atomic mass is 31.2. The van der Waals surface area contributed by atoms with Gasteiger partial charge in [-0.15, -0.1) is 0 Å². The highest BCUT2D eigenvalue weighted by Crippen LogP contribution is 2.60. The molecular formula is C30H45O2P. The highest BCUT2D eigenvalue weighted by Gasteiger charge is 2.44. The average Bonchev–Trinajstić information content (AvgIpc) is 2.62. The average molecular weight is 469 g/mol. The summed E-state index contributed by atoms with van der Waals surface area (Å²) in [5.74, 6) is 0.929. The van der Waals surface area contributed by atoms with Crippen molar-refractivity contribution in [3.8, 4) is 5.75 Å². The topological polar surface area (TPSA) is 18.5 Å². The molecule has 33 heavy (non-hydrogen) atoms. The SMILES string of the molecule is C/C1=C2\C(C(C)(C)C)=C(C(C)(C)C)C(C(C)(C)C)=CC2OP(C(C)(C)C)Oc2ccccc21. The maximum atomic E-state index is 6.97. The smallest absolute Gasteiger partial charge is 0.236 e. The van der Waals surface area contributed by atoms with E-state index >= 15 is 0 Å².